The molecule has 0 fully saturated rings. The van der Waals surface area contributed by atoms with E-state index < -0.39 is 11.9 Å². The average molecular weight is 362 g/mol. The average Bonchev–Trinajstić information content (AvgIpc) is 2.73. The van der Waals surface area contributed by atoms with Crippen molar-refractivity contribution in [1.29, 1.82) is 0 Å². The van der Waals surface area contributed by atoms with Gasteiger partial charge in [0.05, 0.1) is 16.7 Å². The van der Waals surface area contributed by atoms with Gasteiger partial charge in [-0.25, -0.2) is 9.59 Å². The molecule has 3 aromatic carbocycles. The van der Waals surface area contributed by atoms with Crippen LogP contribution in [-0.2, 0) is 4.89 Å². The van der Waals surface area contributed by atoms with Gasteiger partial charge >= 0.3 is 11.9 Å². The van der Waals surface area contributed by atoms with E-state index in [1.54, 1.807) is 48.5 Å². The first kappa shape index (κ1) is 18.0. The van der Waals surface area contributed by atoms with Crippen LogP contribution in [0.4, 0.5) is 0 Å². The Balaban J connectivity index is 1.93. The molecular weight excluding hydrogens is 348 g/mol. The van der Waals surface area contributed by atoms with E-state index in [9.17, 15) is 14.4 Å². The van der Waals surface area contributed by atoms with E-state index in [2.05, 4.69) is 4.89 Å². The van der Waals surface area contributed by atoms with Crippen LogP contribution in [0.5, 0.6) is 5.75 Å². The Hall–Kier alpha value is -3.77. The third-order valence-electron chi connectivity index (χ3n) is 3.82. The van der Waals surface area contributed by atoms with Crippen molar-refractivity contribution in [3.05, 3.63) is 101 Å². The molecular formula is C21H14O6. The molecule has 6 heteroatoms. The van der Waals surface area contributed by atoms with E-state index in [0.29, 0.717) is 5.56 Å². The number of carbonyl (C=O) groups excluding carboxylic acids is 3. The highest BCUT2D eigenvalue weighted by Gasteiger charge is 2.22. The highest BCUT2D eigenvalue weighted by atomic mass is 17.1. The van der Waals surface area contributed by atoms with Crippen LogP contribution in [0.15, 0.2) is 78.9 Å². The van der Waals surface area contributed by atoms with E-state index in [4.69, 9.17) is 9.99 Å². The molecule has 0 heterocycles. The predicted octanol–water partition coefficient (Wildman–Crippen LogP) is 3.77. The molecule has 0 spiro atoms. The predicted molar refractivity (Wildman–Crippen MR) is 95.8 cm³/mol. The number of hydrogen-bond acceptors (Lipinski definition) is 6. The Kier molecular flexibility index (Phi) is 5.39. The zero-order valence-electron chi connectivity index (χ0n) is 14.0. The summed E-state index contributed by atoms with van der Waals surface area (Å²) in [6.07, 6.45) is 0. The molecule has 27 heavy (non-hydrogen) atoms. The van der Waals surface area contributed by atoms with Gasteiger partial charge in [-0.2, -0.15) is 5.26 Å². The van der Waals surface area contributed by atoms with Gasteiger partial charge in [0, 0.05) is 5.56 Å². The summed E-state index contributed by atoms with van der Waals surface area (Å²) in [5.74, 6) is -2.19. The molecule has 0 aliphatic heterocycles. The molecule has 0 aliphatic carbocycles. The molecule has 0 bridgehead atoms. The van der Waals surface area contributed by atoms with Gasteiger partial charge in [0.2, 0.25) is 0 Å². The molecule has 134 valence electrons. The first-order chi connectivity index (χ1) is 13.1. The second kappa shape index (κ2) is 8.07. The van der Waals surface area contributed by atoms with Crippen LogP contribution in [0.1, 0.15) is 36.6 Å². The van der Waals surface area contributed by atoms with Crippen molar-refractivity contribution in [3.8, 4) is 5.75 Å². The van der Waals surface area contributed by atoms with Gasteiger partial charge in [0.25, 0.3) is 0 Å². The minimum atomic E-state index is -1.09. The van der Waals surface area contributed by atoms with Gasteiger partial charge in [-0.3, -0.25) is 9.68 Å². The SMILES string of the molecule is O=C(c1ccccc1)c1ccccc1OC(=O)c1ccccc1C(=O)OO. The molecule has 3 rings (SSSR count). The minimum absolute atomic E-state index is 0.0588. The van der Waals surface area contributed by atoms with Crippen LogP contribution in [0.2, 0.25) is 0 Å². The molecule has 1 N–H and O–H groups in total. The van der Waals surface area contributed by atoms with Crippen molar-refractivity contribution in [2.75, 3.05) is 0 Å². The second-order valence-electron chi connectivity index (χ2n) is 5.51. The van der Waals surface area contributed by atoms with Crippen molar-refractivity contribution >= 4 is 17.7 Å². The minimum Gasteiger partial charge on any atom is -0.422 e. The van der Waals surface area contributed by atoms with E-state index in [1.165, 1.54) is 30.3 Å². The number of benzene rings is 3. The highest BCUT2D eigenvalue weighted by Crippen LogP contribution is 2.23. The molecule has 0 radical (unpaired) electrons. The number of ketones is 1. The maximum Gasteiger partial charge on any atom is 0.373 e. The van der Waals surface area contributed by atoms with Gasteiger partial charge in [0.15, 0.2) is 5.78 Å². The van der Waals surface area contributed by atoms with Crippen molar-refractivity contribution in [1.82, 2.24) is 0 Å². The van der Waals surface area contributed by atoms with E-state index in [1.807, 2.05) is 0 Å². The van der Waals surface area contributed by atoms with Crippen LogP contribution >= 0.6 is 0 Å². The molecule has 6 nitrogen and oxygen atoms in total. The molecule has 0 amide bonds. The van der Waals surface area contributed by atoms with Crippen molar-refractivity contribution in [2.24, 2.45) is 0 Å². The van der Waals surface area contributed by atoms with Gasteiger partial charge in [0.1, 0.15) is 5.75 Å². The number of rotatable bonds is 5. The maximum atomic E-state index is 12.7. The van der Waals surface area contributed by atoms with E-state index in [0.717, 1.165) is 0 Å². The number of ether oxygens (including phenoxy) is 1. The monoisotopic (exact) mass is 362 g/mol. The summed E-state index contributed by atoms with van der Waals surface area (Å²) in [5, 5.41) is 8.58. The Morgan fingerprint density at radius 3 is 1.78 bits per heavy atom. The summed E-state index contributed by atoms with van der Waals surface area (Å²) in [6.45, 7) is 0. The number of hydrogen-bond donors (Lipinski definition) is 1. The smallest absolute Gasteiger partial charge is 0.373 e. The maximum absolute atomic E-state index is 12.7. The second-order valence-corrected chi connectivity index (χ2v) is 5.51. The molecule has 0 unspecified atom stereocenters. The third kappa shape index (κ3) is 3.91. The summed E-state index contributed by atoms with van der Waals surface area (Å²) in [5.41, 5.74) is 0.403. The topological polar surface area (TPSA) is 89.9 Å². The number of carbonyl (C=O) groups is 3. The molecule has 0 aromatic heterocycles. The summed E-state index contributed by atoms with van der Waals surface area (Å²) in [6, 6.07) is 20.6. The fourth-order valence-corrected chi connectivity index (χ4v) is 2.53. The van der Waals surface area contributed by atoms with E-state index >= 15 is 0 Å². The first-order valence-corrected chi connectivity index (χ1v) is 7.97. The molecule has 3 aromatic rings. The normalized spacial score (nSPS) is 10.1. The standard InChI is InChI=1S/C21H14O6/c22-19(14-8-2-1-3-9-14)17-12-6-7-13-18(17)26-20(23)15-10-4-5-11-16(15)21(24)27-25/h1-13,25H. The highest BCUT2D eigenvalue weighted by molar-refractivity contribution is 6.11. The lowest BCUT2D eigenvalue weighted by molar-refractivity contribution is -0.182. The van der Waals surface area contributed by atoms with Gasteiger partial charge in [-0.05, 0) is 24.3 Å². The molecule has 0 aliphatic rings. The lowest BCUT2D eigenvalue weighted by Gasteiger charge is -2.11. The molecule has 0 atom stereocenters. The van der Waals surface area contributed by atoms with E-state index in [-0.39, 0.29) is 28.2 Å². The number of esters is 1. The van der Waals surface area contributed by atoms with Gasteiger partial charge in [-0.1, -0.05) is 54.6 Å². The Morgan fingerprint density at radius 1 is 0.630 bits per heavy atom. The quantitative estimate of drug-likeness (QED) is 0.244. The lowest BCUT2D eigenvalue weighted by Crippen LogP contribution is -2.16. The van der Waals surface area contributed by atoms with Crippen molar-refractivity contribution in [2.45, 2.75) is 0 Å². The summed E-state index contributed by atoms with van der Waals surface area (Å²) in [4.78, 5) is 40.6. The largest absolute Gasteiger partial charge is 0.422 e. The third-order valence-corrected chi connectivity index (χ3v) is 3.82. The van der Waals surface area contributed by atoms with Crippen LogP contribution in [0, 0.1) is 0 Å². The van der Waals surface area contributed by atoms with Crippen LogP contribution < -0.4 is 4.74 Å². The van der Waals surface area contributed by atoms with Crippen LogP contribution in [0.25, 0.3) is 0 Å². The van der Waals surface area contributed by atoms with Crippen LogP contribution in [-0.4, -0.2) is 23.0 Å². The Morgan fingerprint density at radius 2 is 1.15 bits per heavy atom. The van der Waals surface area contributed by atoms with Crippen molar-refractivity contribution < 1.29 is 29.3 Å². The van der Waals surface area contributed by atoms with Gasteiger partial charge in [-0.15, -0.1) is 0 Å². The Labute approximate surface area is 154 Å². The zero-order valence-corrected chi connectivity index (χ0v) is 14.0. The Bertz CT molecular complexity index is 994. The summed E-state index contributed by atoms with van der Waals surface area (Å²) >= 11 is 0. The molecule has 0 saturated heterocycles. The summed E-state index contributed by atoms with van der Waals surface area (Å²) < 4.78 is 5.36. The fourth-order valence-electron chi connectivity index (χ4n) is 2.53. The van der Waals surface area contributed by atoms with Crippen molar-refractivity contribution in [3.63, 3.8) is 0 Å². The fraction of sp³-hybridized carbons (Fsp3) is 0. The molecule has 0 saturated carbocycles. The lowest BCUT2D eigenvalue weighted by atomic mass is 10.0. The summed E-state index contributed by atoms with van der Waals surface area (Å²) in [7, 11) is 0. The van der Waals surface area contributed by atoms with Gasteiger partial charge < -0.3 is 4.74 Å². The van der Waals surface area contributed by atoms with Crippen LogP contribution in [0.3, 0.4) is 0 Å². The first-order valence-electron chi connectivity index (χ1n) is 7.97. The zero-order chi connectivity index (χ0) is 19.2. The number of para-hydroxylation sites is 1.